The van der Waals surface area contributed by atoms with Crippen LogP contribution in [0.3, 0.4) is 0 Å². The van der Waals surface area contributed by atoms with E-state index in [0.717, 1.165) is 39.2 Å². The monoisotopic (exact) mass is 433 g/mol. The first-order valence-electron chi connectivity index (χ1n) is 9.71. The molecular weight excluding hydrogens is 414 g/mol. The molecule has 2 aromatic carbocycles. The lowest BCUT2D eigenvalue weighted by atomic mass is 10.00. The van der Waals surface area contributed by atoms with E-state index in [1.807, 2.05) is 54.4 Å². The molecule has 30 heavy (non-hydrogen) atoms. The van der Waals surface area contributed by atoms with Crippen molar-refractivity contribution in [3.05, 3.63) is 92.6 Å². The van der Waals surface area contributed by atoms with Gasteiger partial charge in [0.1, 0.15) is 16.5 Å². The first-order valence-corrected chi connectivity index (χ1v) is 10.9. The Bertz CT molecular complexity index is 1250. The molecule has 0 spiro atoms. The van der Waals surface area contributed by atoms with Crippen molar-refractivity contribution in [2.75, 3.05) is 5.01 Å². The third kappa shape index (κ3) is 3.13. The largest absolute Gasteiger partial charge is 0.254 e. The van der Waals surface area contributed by atoms with Gasteiger partial charge in [0, 0.05) is 21.0 Å². The van der Waals surface area contributed by atoms with E-state index in [1.165, 1.54) is 10.4 Å². The quantitative estimate of drug-likeness (QED) is 0.417. The molecule has 2 aromatic heterocycles. The van der Waals surface area contributed by atoms with Gasteiger partial charge in [0.15, 0.2) is 0 Å². The van der Waals surface area contributed by atoms with E-state index in [4.69, 9.17) is 16.7 Å². The van der Waals surface area contributed by atoms with Crippen LogP contribution in [0, 0.1) is 20.8 Å². The van der Waals surface area contributed by atoms with Gasteiger partial charge in [0.25, 0.3) is 5.95 Å². The molecule has 0 N–H and O–H groups in total. The second-order valence-electron chi connectivity index (χ2n) is 7.34. The lowest BCUT2D eigenvalue weighted by Crippen LogP contribution is -2.20. The Balaban J connectivity index is 1.76. The van der Waals surface area contributed by atoms with Gasteiger partial charge in [-0.15, -0.1) is 21.5 Å². The van der Waals surface area contributed by atoms with Crippen molar-refractivity contribution < 1.29 is 0 Å². The van der Waals surface area contributed by atoms with Crippen LogP contribution in [-0.4, -0.2) is 20.5 Å². The maximum absolute atomic E-state index is 6.16. The summed E-state index contributed by atoms with van der Waals surface area (Å²) in [6.07, 6.45) is 0. The fourth-order valence-corrected chi connectivity index (χ4v) is 5.02. The van der Waals surface area contributed by atoms with E-state index in [-0.39, 0.29) is 0 Å². The predicted molar refractivity (Wildman–Crippen MR) is 123 cm³/mol. The van der Waals surface area contributed by atoms with Crippen LogP contribution >= 0.6 is 22.9 Å². The van der Waals surface area contributed by atoms with Gasteiger partial charge in [0.05, 0.1) is 6.54 Å². The zero-order valence-corrected chi connectivity index (χ0v) is 18.5. The normalized spacial score (nSPS) is 12.9. The molecule has 5 nitrogen and oxygen atoms in total. The highest BCUT2D eigenvalue weighted by Gasteiger charge is 2.30. The molecule has 1 aliphatic rings. The number of nitrogens with zero attached hydrogens (tertiary/aromatic N) is 5. The van der Waals surface area contributed by atoms with Crippen LogP contribution in [0.2, 0.25) is 5.02 Å². The fraction of sp³-hybridized carbons (Fsp3) is 0.174. The molecule has 0 unspecified atom stereocenters. The number of benzene rings is 2. The molecule has 0 atom stereocenters. The van der Waals surface area contributed by atoms with Gasteiger partial charge in [-0.2, -0.15) is 5.10 Å². The average molecular weight is 434 g/mol. The van der Waals surface area contributed by atoms with Crippen molar-refractivity contribution in [1.29, 1.82) is 0 Å². The minimum absolute atomic E-state index is 0.600. The summed E-state index contributed by atoms with van der Waals surface area (Å²) in [5, 5.41) is 17.8. The molecule has 150 valence electrons. The van der Waals surface area contributed by atoms with E-state index in [9.17, 15) is 0 Å². The van der Waals surface area contributed by atoms with Crippen molar-refractivity contribution in [1.82, 2.24) is 14.8 Å². The van der Waals surface area contributed by atoms with Gasteiger partial charge in [-0.3, -0.25) is 4.57 Å². The summed E-state index contributed by atoms with van der Waals surface area (Å²) in [6, 6.07) is 18.2. The van der Waals surface area contributed by atoms with Crippen LogP contribution < -0.4 is 5.01 Å². The Kier molecular flexibility index (Phi) is 4.68. The molecule has 0 saturated heterocycles. The Labute approximate surface area is 184 Å². The lowest BCUT2D eigenvalue weighted by molar-refractivity contribution is 0.798. The summed E-state index contributed by atoms with van der Waals surface area (Å²) in [4.78, 5) is 1.26. The smallest absolute Gasteiger partial charge is 0.253 e. The van der Waals surface area contributed by atoms with Gasteiger partial charge in [0.2, 0.25) is 0 Å². The van der Waals surface area contributed by atoms with Crippen LogP contribution in [0.1, 0.15) is 33.0 Å². The van der Waals surface area contributed by atoms with E-state index >= 15 is 0 Å². The molecule has 7 heteroatoms. The molecule has 1 aliphatic heterocycles. The molecule has 0 amide bonds. The number of aromatic nitrogens is 3. The summed E-state index contributed by atoms with van der Waals surface area (Å²) < 4.78 is 2.12. The summed E-state index contributed by atoms with van der Waals surface area (Å²) >= 11 is 7.91. The number of halogens is 1. The second kappa shape index (κ2) is 7.38. The van der Waals surface area contributed by atoms with Crippen LogP contribution in [0.5, 0.6) is 0 Å². The highest BCUT2D eigenvalue weighted by atomic mass is 35.5. The Morgan fingerprint density at radius 3 is 2.40 bits per heavy atom. The average Bonchev–Trinajstić information content (AvgIpc) is 3.22. The Morgan fingerprint density at radius 2 is 1.67 bits per heavy atom. The van der Waals surface area contributed by atoms with E-state index in [1.54, 1.807) is 11.3 Å². The summed E-state index contributed by atoms with van der Waals surface area (Å²) in [5.41, 5.74) is 5.45. The number of thiophene rings is 1. The highest BCUT2D eigenvalue weighted by Crippen LogP contribution is 2.38. The van der Waals surface area contributed by atoms with Crippen LogP contribution in [-0.2, 0) is 6.54 Å². The Morgan fingerprint density at radius 1 is 0.933 bits per heavy atom. The van der Waals surface area contributed by atoms with E-state index in [2.05, 4.69) is 40.7 Å². The molecule has 0 bridgehead atoms. The van der Waals surface area contributed by atoms with Crippen LogP contribution in [0.25, 0.3) is 5.00 Å². The van der Waals surface area contributed by atoms with E-state index in [0.29, 0.717) is 11.6 Å². The summed E-state index contributed by atoms with van der Waals surface area (Å²) in [6.45, 7) is 6.89. The number of hydrogen-bond donors (Lipinski definition) is 0. The summed E-state index contributed by atoms with van der Waals surface area (Å²) in [7, 11) is 0. The third-order valence-electron chi connectivity index (χ3n) is 5.36. The molecule has 0 radical (unpaired) electrons. The number of hydrogen-bond acceptors (Lipinski definition) is 5. The first-order chi connectivity index (χ1) is 14.5. The Hall–Kier alpha value is -2.96. The number of fused-ring (bicyclic) bond motifs is 3. The molecular formula is C23H20ClN5S. The number of rotatable bonds is 3. The van der Waals surface area contributed by atoms with Crippen molar-refractivity contribution in [2.24, 2.45) is 5.10 Å². The zero-order chi connectivity index (χ0) is 20.8. The molecule has 3 heterocycles. The first kappa shape index (κ1) is 19.0. The van der Waals surface area contributed by atoms with Crippen molar-refractivity contribution in [3.63, 3.8) is 0 Å². The number of anilines is 1. The maximum atomic E-state index is 6.16. The van der Waals surface area contributed by atoms with E-state index < -0.39 is 0 Å². The molecule has 0 aliphatic carbocycles. The van der Waals surface area contributed by atoms with Gasteiger partial charge in [-0.1, -0.05) is 54.1 Å². The van der Waals surface area contributed by atoms with Gasteiger partial charge in [-0.25, -0.2) is 5.01 Å². The van der Waals surface area contributed by atoms with Gasteiger partial charge < -0.3 is 0 Å². The minimum atomic E-state index is 0.600. The predicted octanol–water partition coefficient (Wildman–Crippen LogP) is 5.68. The number of aryl methyl sites for hydroxylation is 2. The third-order valence-corrected chi connectivity index (χ3v) is 6.80. The molecule has 0 fully saturated rings. The lowest BCUT2D eigenvalue weighted by Gasteiger charge is -2.18. The summed E-state index contributed by atoms with van der Waals surface area (Å²) in [5.74, 6) is 1.57. The van der Waals surface area contributed by atoms with Gasteiger partial charge >= 0.3 is 0 Å². The van der Waals surface area contributed by atoms with Crippen molar-refractivity contribution in [2.45, 2.75) is 27.3 Å². The van der Waals surface area contributed by atoms with Crippen LogP contribution in [0.4, 0.5) is 5.95 Å². The van der Waals surface area contributed by atoms with Crippen LogP contribution in [0.15, 0.2) is 59.7 Å². The standard InChI is InChI=1S/C23H20ClN5S/c1-14-15(2)30-22-20(14)21(18-9-11-19(24)12-10-18)27-28(13-17-7-5-4-6-8-17)23-26-25-16(3)29(22)23/h4-12H,13H2,1-3H3. The number of hydrazone groups is 1. The topological polar surface area (TPSA) is 46.3 Å². The second-order valence-corrected chi connectivity index (χ2v) is 8.98. The van der Waals surface area contributed by atoms with Crippen molar-refractivity contribution >= 4 is 34.6 Å². The van der Waals surface area contributed by atoms with Gasteiger partial charge in [-0.05, 0) is 44.0 Å². The fourth-order valence-electron chi connectivity index (χ4n) is 3.69. The minimum Gasteiger partial charge on any atom is -0.254 e. The maximum Gasteiger partial charge on any atom is 0.253 e. The molecule has 5 rings (SSSR count). The molecule has 0 saturated carbocycles. The highest BCUT2D eigenvalue weighted by molar-refractivity contribution is 7.15. The zero-order valence-electron chi connectivity index (χ0n) is 16.9. The van der Waals surface area contributed by atoms with Crippen molar-refractivity contribution in [3.8, 4) is 5.00 Å². The SMILES string of the molecule is Cc1sc2c(c1C)C(c1ccc(Cl)cc1)=NN(Cc1ccccc1)c1nnc(C)n1-2. The molecule has 4 aromatic rings.